The summed E-state index contributed by atoms with van der Waals surface area (Å²) in [6.45, 7) is 0.616. The standard InChI is InChI=1S/C29H25FN4O4/c1-38-15-14-31-27(35)20-7-3-5-9-23(20)34-28(36)24-16-21-19-6-2-4-8-22(19)32-25(21)26(33(24)29(34)37)17-10-12-18(30)13-11-17/h2-13,24,26,32H,14-16H2,1H3,(H,31,35)/t24-,26+/m0/s1. The van der Waals surface area contributed by atoms with Crippen LogP contribution in [0.4, 0.5) is 14.9 Å². The number of carbonyl (C=O) groups is 3. The second kappa shape index (κ2) is 9.42. The molecule has 1 aromatic heterocycles. The van der Waals surface area contributed by atoms with Crippen LogP contribution in [0.15, 0.2) is 72.8 Å². The molecular formula is C29H25FN4O4. The lowest BCUT2D eigenvalue weighted by Gasteiger charge is -2.36. The Morgan fingerprint density at radius 1 is 1.05 bits per heavy atom. The summed E-state index contributed by atoms with van der Waals surface area (Å²) in [6, 6.07) is 18.4. The molecule has 2 aliphatic rings. The number of rotatable bonds is 6. The second-order valence-corrected chi connectivity index (χ2v) is 9.37. The Balaban J connectivity index is 1.45. The average molecular weight is 513 g/mol. The Morgan fingerprint density at radius 2 is 1.79 bits per heavy atom. The third kappa shape index (κ3) is 3.74. The van der Waals surface area contributed by atoms with Crippen molar-refractivity contribution in [2.75, 3.05) is 25.2 Å². The molecule has 1 fully saturated rings. The molecule has 2 atom stereocenters. The van der Waals surface area contributed by atoms with Gasteiger partial charge in [0.15, 0.2) is 0 Å². The first-order valence-electron chi connectivity index (χ1n) is 12.4. The predicted octanol–water partition coefficient (Wildman–Crippen LogP) is 4.17. The normalized spacial score (nSPS) is 18.6. The molecule has 0 radical (unpaired) electrons. The molecular weight excluding hydrogens is 487 g/mol. The molecule has 192 valence electrons. The molecule has 3 heterocycles. The lowest BCUT2D eigenvalue weighted by molar-refractivity contribution is -0.120. The third-order valence-corrected chi connectivity index (χ3v) is 7.22. The number of methoxy groups -OCH3 is 1. The van der Waals surface area contributed by atoms with Crippen LogP contribution in [-0.2, 0) is 16.0 Å². The smallest absolute Gasteiger partial charge is 0.332 e. The van der Waals surface area contributed by atoms with E-state index in [-0.39, 0.29) is 17.8 Å². The quantitative estimate of drug-likeness (QED) is 0.300. The highest BCUT2D eigenvalue weighted by Gasteiger charge is 2.53. The summed E-state index contributed by atoms with van der Waals surface area (Å²) in [5.41, 5.74) is 3.76. The maximum absolute atomic E-state index is 14.1. The molecule has 3 aromatic carbocycles. The van der Waals surface area contributed by atoms with Crippen LogP contribution in [0.5, 0.6) is 0 Å². The number of fused-ring (bicyclic) bond motifs is 4. The largest absolute Gasteiger partial charge is 0.383 e. The fourth-order valence-electron chi connectivity index (χ4n) is 5.51. The van der Waals surface area contributed by atoms with E-state index in [9.17, 15) is 18.8 Å². The Kier molecular flexibility index (Phi) is 5.92. The van der Waals surface area contributed by atoms with Gasteiger partial charge in [0.05, 0.1) is 17.9 Å². The van der Waals surface area contributed by atoms with Gasteiger partial charge in [-0.25, -0.2) is 14.1 Å². The SMILES string of the molecule is COCCNC(=O)c1ccccc1N1C(=O)[C@@H]2Cc3c([nH]c4ccccc34)[C@@H](c3ccc(F)cc3)N2C1=O. The lowest BCUT2D eigenvalue weighted by Crippen LogP contribution is -2.44. The summed E-state index contributed by atoms with van der Waals surface area (Å²) in [5.74, 6) is -1.21. The van der Waals surface area contributed by atoms with Gasteiger partial charge in [0.1, 0.15) is 17.9 Å². The summed E-state index contributed by atoms with van der Waals surface area (Å²) in [6.07, 6.45) is 0.320. The highest BCUT2D eigenvalue weighted by atomic mass is 19.1. The van der Waals surface area contributed by atoms with Crippen LogP contribution in [0.3, 0.4) is 0 Å². The van der Waals surface area contributed by atoms with Crippen molar-refractivity contribution in [1.29, 1.82) is 0 Å². The third-order valence-electron chi connectivity index (χ3n) is 7.22. The van der Waals surface area contributed by atoms with Crippen molar-refractivity contribution >= 4 is 34.4 Å². The summed E-state index contributed by atoms with van der Waals surface area (Å²) in [4.78, 5) is 47.0. The van der Waals surface area contributed by atoms with Crippen LogP contribution in [0, 0.1) is 5.82 Å². The van der Waals surface area contributed by atoms with Gasteiger partial charge in [-0.15, -0.1) is 0 Å². The number of carbonyl (C=O) groups excluding carboxylic acids is 3. The first-order chi connectivity index (χ1) is 18.5. The number of H-pyrrole nitrogens is 1. The molecule has 8 nitrogen and oxygen atoms in total. The molecule has 1 saturated heterocycles. The van der Waals surface area contributed by atoms with Crippen molar-refractivity contribution in [1.82, 2.24) is 15.2 Å². The van der Waals surface area contributed by atoms with Gasteiger partial charge in [-0.05, 0) is 41.5 Å². The molecule has 0 saturated carbocycles. The molecule has 0 unspecified atom stereocenters. The molecule has 2 aliphatic heterocycles. The Morgan fingerprint density at radius 3 is 2.58 bits per heavy atom. The minimum Gasteiger partial charge on any atom is -0.383 e. The highest BCUT2D eigenvalue weighted by Crippen LogP contribution is 2.45. The molecule has 4 amide bonds. The van der Waals surface area contributed by atoms with Crippen LogP contribution >= 0.6 is 0 Å². The zero-order chi connectivity index (χ0) is 26.4. The van der Waals surface area contributed by atoms with Gasteiger partial charge in [0.25, 0.3) is 11.8 Å². The van der Waals surface area contributed by atoms with Gasteiger partial charge < -0.3 is 15.0 Å². The van der Waals surface area contributed by atoms with Crippen molar-refractivity contribution in [3.8, 4) is 0 Å². The Hall–Kier alpha value is -4.50. The van der Waals surface area contributed by atoms with Crippen molar-refractivity contribution in [2.24, 2.45) is 0 Å². The zero-order valence-electron chi connectivity index (χ0n) is 20.6. The number of aromatic nitrogens is 1. The van der Waals surface area contributed by atoms with E-state index < -0.39 is 35.7 Å². The first kappa shape index (κ1) is 23.9. The van der Waals surface area contributed by atoms with Crippen molar-refractivity contribution in [3.63, 3.8) is 0 Å². The van der Waals surface area contributed by atoms with Gasteiger partial charge in [-0.1, -0.05) is 42.5 Å². The van der Waals surface area contributed by atoms with E-state index >= 15 is 0 Å². The molecule has 2 N–H and O–H groups in total. The van der Waals surface area contributed by atoms with E-state index in [1.165, 1.54) is 19.2 Å². The van der Waals surface area contributed by atoms with E-state index in [4.69, 9.17) is 4.74 Å². The molecule has 38 heavy (non-hydrogen) atoms. The first-order valence-corrected chi connectivity index (χ1v) is 12.4. The molecule has 0 bridgehead atoms. The van der Waals surface area contributed by atoms with Gasteiger partial charge in [0.2, 0.25) is 0 Å². The Bertz CT molecular complexity index is 1560. The highest BCUT2D eigenvalue weighted by molar-refractivity contribution is 6.24. The maximum Gasteiger partial charge on any atom is 0.332 e. The second-order valence-electron chi connectivity index (χ2n) is 9.37. The number of ether oxygens (including phenoxy) is 1. The van der Waals surface area contributed by atoms with Gasteiger partial charge >= 0.3 is 6.03 Å². The number of nitrogens with one attached hydrogen (secondary N) is 2. The number of anilines is 1. The zero-order valence-corrected chi connectivity index (χ0v) is 20.6. The fourth-order valence-corrected chi connectivity index (χ4v) is 5.51. The molecule has 0 aliphatic carbocycles. The Labute approximate surface area is 218 Å². The lowest BCUT2D eigenvalue weighted by atomic mass is 9.89. The maximum atomic E-state index is 14.1. The molecule has 0 spiro atoms. The van der Waals surface area contributed by atoms with Crippen molar-refractivity contribution < 1.29 is 23.5 Å². The van der Waals surface area contributed by atoms with Crippen molar-refractivity contribution in [2.45, 2.75) is 18.5 Å². The van der Waals surface area contributed by atoms with Crippen LogP contribution in [-0.4, -0.2) is 54.0 Å². The van der Waals surface area contributed by atoms with E-state index in [2.05, 4.69) is 10.3 Å². The van der Waals surface area contributed by atoms with Gasteiger partial charge in [-0.2, -0.15) is 0 Å². The number of halogens is 1. The predicted molar refractivity (Wildman–Crippen MR) is 139 cm³/mol. The number of hydrogen-bond donors (Lipinski definition) is 2. The number of hydrogen-bond acceptors (Lipinski definition) is 4. The summed E-state index contributed by atoms with van der Waals surface area (Å²) in [7, 11) is 1.54. The van der Waals surface area contributed by atoms with Crippen LogP contribution in [0.1, 0.15) is 33.2 Å². The number of amides is 4. The van der Waals surface area contributed by atoms with E-state index in [1.54, 1.807) is 41.3 Å². The van der Waals surface area contributed by atoms with Crippen LogP contribution in [0.25, 0.3) is 10.9 Å². The van der Waals surface area contributed by atoms with E-state index in [0.29, 0.717) is 18.6 Å². The monoisotopic (exact) mass is 512 g/mol. The van der Waals surface area contributed by atoms with Crippen LogP contribution < -0.4 is 10.2 Å². The minimum absolute atomic E-state index is 0.215. The average Bonchev–Trinajstić information content (AvgIpc) is 3.42. The van der Waals surface area contributed by atoms with E-state index in [0.717, 1.165) is 27.1 Å². The molecule has 4 aromatic rings. The molecule has 6 rings (SSSR count). The summed E-state index contributed by atoms with van der Waals surface area (Å²) < 4.78 is 18.8. The topological polar surface area (TPSA) is 94.7 Å². The van der Waals surface area contributed by atoms with E-state index in [1.807, 2.05) is 24.3 Å². The number of urea groups is 1. The number of nitrogens with zero attached hydrogens (tertiary/aromatic N) is 2. The van der Waals surface area contributed by atoms with Gasteiger partial charge in [0, 0.05) is 36.7 Å². The molecule has 9 heteroatoms. The fraction of sp³-hybridized carbons (Fsp3) is 0.207. The summed E-state index contributed by atoms with van der Waals surface area (Å²) >= 11 is 0. The van der Waals surface area contributed by atoms with Crippen molar-refractivity contribution in [3.05, 3.63) is 101 Å². The number of para-hydroxylation sites is 2. The van der Waals surface area contributed by atoms with Crippen LogP contribution in [0.2, 0.25) is 0 Å². The number of imide groups is 1. The minimum atomic E-state index is -0.783. The summed E-state index contributed by atoms with van der Waals surface area (Å²) in [5, 5.41) is 3.74. The van der Waals surface area contributed by atoms with Gasteiger partial charge in [-0.3, -0.25) is 14.5 Å². The number of aromatic amines is 1. The number of benzene rings is 3.